The minimum Gasteiger partial charge on any atom is -0.493 e. The molecular formula is C13H14ClNO3. The second kappa shape index (κ2) is 5.78. The van der Waals surface area contributed by atoms with Crippen LogP contribution in [0.3, 0.4) is 0 Å². The van der Waals surface area contributed by atoms with Gasteiger partial charge < -0.3 is 13.9 Å². The third-order valence-electron chi connectivity index (χ3n) is 2.53. The highest BCUT2D eigenvalue weighted by molar-refractivity contribution is 6.17. The topological polar surface area (TPSA) is 44.5 Å². The molecule has 2 rings (SSSR count). The average Bonchev–Trinajstić information content (AvgIpc) is 2.87. The van der Waals surface area contributed by atoms with Crippen LogP contribution in [-0.4, -0.2) is 25.1 Å². The van der Waals surface area contributed by atoms with E-state index >= 15 is 0 Å². The van der Waals surface area contributed by atoms with Gasteiger partial charge in [-0.3, -0.25) is 0 Å². The highest BCUT2D eigenvalue weighted by Crippen LogP contribution is 2.32. The lowest BCUT2D eigenvalue weighted by Gasteiger charge is -2.07. The van der Waals surface area contributed by atoms with E-state index < -0.39 is 0 Å². The number of aryl methyl sites for hydroxylation is 1. The van der Waals surface area contributed by atoms with Gasteiger partial charge in [0.05, 0.1) is 20.4 Å². The van der Waals surface area contributed by atoms with E-state index in [9.17, 15) is 0 Å². The third-order valence-corrected chi connectivity index (χ3v) is 2.72. The number of aromatic nitrogens is 1. The minimum atomic E-state index is 0.492. The number of halogens is 1. The van der Waals surface area contributed by atoms with E-state index in [1.807, 2.05) is 18.2 Å². The Morgan fingerprint density at radius 1 is 1.22 bits per heavy atom. The van der Waals surface area contributed by atoms with E-state index in [2.05, 4.69) is 4.98 Å². The molecule has 0 spiro atoms. The van der Waals surface area contributed by atoms with Crippen molar-refractivity contribution >= 4 is 11.6 Å². The average molecular weight is 268 g/mol. The zero-order valence-electron chi connectivity index (χ0n) is 10.3. The van der Waals surface area contributed by atoms with Gasteiger partial charge in [-0.15, -0.1) is 11.6 Å². The molecule has 0 aliphatic carbocycles. The summed E-state index contributed by atoms with van der Waals surface area (Å²) in [4.78, 5) is 4.16. The smallest absolute Gasteiger partial charge is 0.196 e. The van der Waals surface area contributed by atoms with Crippen molar-refractivity contribution in [2.24, 2.45) is 0 Å². The third kappa shape index (κ3) is 2.59. The molecule has 0 saturated heterocycles. The lowest BCUT2D eigenvalue weighted by molar-refractivity contribution is 0.355. The molecule has 5 heteroatoms. The van der Waals surface area contributed by atoms with Crippen molar-refractivity contribution in [1.29, 1.82) is 0 Å². The van der Waals surface area contributed by atoms with Crippen LogP contribution in [0.4, 0.5) is 0 Å². The summed E-state index contributed by atoms with van der Waals surface area (Å²) in [7, 11) is 3.20. The van der Waals surface area contributed by atoms with Gasteiger partial charge in [0.15, 0.2) is 23.1 Å². The normalized spacial score (nSPS) is 10.4. The fraction of sp³-hybridized carbons (Fsp3) is 0.308. The van der Waals surface area contributed by atoms with Gasteiger partial charge >= 0.3 is 0 Å². The Hall–Kier alpha value is -1.68. The lowest BCUT2D eigenvalue weighted by Crippen LogP contribution is -1.90. The number of methoxy groups -OCH3 is 2. The number of hydrogen-bond donors (Lipinski definition) is 0. The van der Waals surface area contributed by atoms with Crippen LogP contribution in [0.25, 0.3) is 11.3 Å². The number of alkyl halides is 1. The molecule has 2 aromatic rings. The Balaban J connectivity index is 2.31. The summed E-state index contributed by atoms with van der Waals surface area (Å²) in [6.45, 7) is 0. The highest BCUT2D eigenvalue weighted by atomic mass is 35.5. The molecule has 96 valence electrons. The van der Waals surface area contributed by atoms with Gasteiger partial charge in [-0.2, -0.15) is 0 Å². The Kier molecular flexibility index (Phi) is 4.10. The van der Waals surface area contributed by atoms with Crippen molar-refractivity contribution in [3.05, 3.63) is 30.3 Å². The summed E-state index contributed by atoms with van der Waals surface area (Å²) in [6, 6.07) is 5.58. The molecule has 4 nitrogen and oxygen atoms in total. The number of rotatable bonds is 5. The summed E-state index contributed by atoms with van der Waals surface area (Å²) in [5.41, 5.74) is 0.890. The van der Waals surface area contributed by atoms with E-state index in [0.29, 0.717) is 35.5 Å². The molecule has 0 fully saturated rings. The molecule has 0 saturated carbocycles. The van der Waals surface area contributed by atoms with Crippen molar-refractivity contribution in [2.75, 3.05) is 20.1 Å². The predicted molar refractivity (Wildman–Crippen MR) is 69.5 cm³/mol. The molecule has 0 radical (unpaired) electrons. The molecule has 0 aliphatic heterocycles. The number of nitrogens with zero attached hydrogens (tertiary/aromatic N) is 1. The standard InChI is InChI=1S/C13H14ClNO3/c1-16-10-4-3-9(7-11(10)17-2)12-8-15-13(18-12)5-6-14/h3-4,7-8H,5-6H2,1-2H3. The molecular weight excluding hydrogens is 254 g/mol. The van der Waals surface area contributed by atoms with Crippen LogP contribution in [-0.2, 0) is 6.42 Å². The van der Waals surface area contributed by atoms with Crippen LogP contribution in [0, 0.1) is 0 Å². The quantitative estimate of drug-likeness (QED) is 0.781. The Bertz CT molecular complexity index is 525. The number of oxazole rings is 1. The lowest BCUT2D eigenvalue weighted by atomic mass is 10.1. The van der Waals surface area contributed by atoms with Gasteiger partial charge in [0.1, 0.15) is 0 Å². The highest BCUT2D eigenvalue weighted by Gasteiger charge is 2.10. The minimum absolute atomic E-state index is 0.492. The van der Waals surface area contributed by atoms with Crippen molar-refractivity contribution in [2.45, 2.75) is 6.42 Å². The van der Waals surface area contributed by atoms with Crippen LogP contribution >= 0.6 is 11.6 Å². The molecule has 0 aliphatic rings. The van der Waals surface area contributed by atoms with Crippen molar-refractivity contribution in [1.82, 2.24) is 4.98 Å². The maximum absolute atomic E-state index is 5.64. The first-order chi connectivity index (χ1) is 8.78. The number of hydrogen-bond acceptors (Lipinski definition) is 4. The first kappa shape index (κ1) is 12.8. The summed E-state index contributed by atoms with van der Waals surface area (Å²) in [5.74, 6) is 3.16. The zero-order chi connectivity index (χ0) is 13.0. The predicted octanol–water partition coefficient (Wildman–Crippen LogP) is 3.14. The molecule has 1 aromatic heterocycles. The molecule has 1 aromatic carbocycles. The Morgan fingerprint density at radius 2 is 2.00 bits per heavy atom. The van der Waals surface area contributed by atoms with Crippen LogP contribution in [0.5, 0.6) is 11.5 Å². The second-order valence-corrected chi connectivity index (χ2v) is 4.00. The Morgan fingerprint density at radius 3 is 2.67 bits per heavy atom. The zero-order valence-corrected chi connectivity index (χ0v) is 11.0. The fourth-order valence-electron chi connectivity index (χ4n) is 1.63. The van der Waals surface area contributed by atoms with Crippen LogP contribution in [0.1, 0.15) is 5.89 Å². The van der Waals surface area contributed by atoms with Crippen molar-refractivity contribution < 1.29 is 13.9 Å². The Labute approximate surface area is 110 Å². The van der Waals surface area contributed by atoms with Gasteiger partial charge in [0.2, 0.25) is 0 Å². The molecule has 18 heavy (non-hydrogen) atoms. The van der Waals surface area contributed by atoms with Crippen LogP contribution < -0.4 is 9.47 Å². The van der Waals surface area contributed by atoms with Crippen LogP contribution in [0.2, 0.25) is 0 Å². The van der Waals surface area contributed by atoms with E-state index in [1.165, 1.54) is 0 Å². The van der Waals surface area contributed by atoms with Gasteiger partial charge in [-0.1, -0.05) is 0 Å². The molecule has 1 heterocycles. The molecule has 0 bridgehead atoms. The SMILES string of the molecule is COc1ccc(-c2cnc(CCCl)o2)cc1OC. The van der Waals surface area contributed by atoms with Crippen molar-refractivity contribution in [3.63, 3.8) is 0 Å². The second-order valence-electron chi connectivity index (χ2n) is 3.63. The monoisotopic (exact) mass is 267 g/mol. The molecule has 0 N–H and O–H groups in total. The summed E-state index contributed by atoms with van der Waals surface area (Å²) >= 11 is 5.64. The van der Waals surface area contributed by atoms with E-state index in [4.69, 9.17) is 25.5 Å². The molecule has 0 atom stereocenters. The first-order valence-electron chi connectivity index (χ1n) is 5.51. The van der Waals surface area contributed by atoms with Gasteiger partial charge in [-0.25, -0.2) is 4.98 Å². The number of benzene rings is 1. The van der Waals surface area contributed by atoms with E-state index in [-0.39, 0.29) is 0 Å². The van der Waals surface area contributed by atoms with Crippen LogP contribution in [0.15, 0.2) is 28.8 Å². The van der Waals surface area contributed by atoms with Gasteiger partial charge in [0.25, 0.3) is 0 Å². The number of ether oxygens (including phenoxy) is 2. The summed E-state index contributed by atoms with van der Waals surface area (Å²) in [6.07, 6.45) is 2.30. The van der Waals surface area contributed by atoms with Gasteiger partial charge in [-0.05, 0) is 18.2 Å². The van der Waals surface area contributed by atoms with Crippen molar-refractivity contribution in [3.8, 4) is 22.8 Å². The van der Waals surface area contributed by atoms with E-state index in [0.717, 1.165) is 5.56 Å². The van der Waals surface area contributed by atoms with E-state index in [1.54, 1.807) is 20.4 Å². The first-order valence-corrected chi connectivity index (χ1v) is 6.05. The summed E-state index contributed by atoms with van der Waals surface area (Å²) < 4.78 is 16.0. The molecule has 0 unspecified atom stereocenters. The maximum atomic E-state index is 5.64. The fourth-order valence-corrected chi connectivity index (χ4v) is 1.79. The van der Waals surface area contributed by atoms with Gasteiger partial charge in [0, 0.05) is 17.9 Å². The summed E-state index contributed by atoms with van der Waals surface area (Å²) in [5, 5.41) is 0. The largest absolute Gasteiger partial charge is 0.493 e. The molecule has 0 amide bonds. The maximum Gasteiger partial charge on any atom is 0.196 e.